The van der Waals surface area contributed by atoms with Crippen molar-refractivity contribution in [2.45, 2.75) is 13.0 Å². The van der Waals surface area contributed by atoms with Crippen molar-refractivity contribution >= 4 is 17.5 Å². The van der Waals surface area contributed by atoms with Crippen molar-refractivity contribution in [2.24, 2.45) is 7.05 Å². The van der Waals surface area contributed by atoms with E-state index in [1.54, 1.807) is 13.1 Å². The molecule has 5 aromatic rings. The first kappa shape index (κ1) is 21.3. The maximum absolute atomic E-state index is 13.2. The summed E-state index contributed by atoms with van der Waals surface area (Å²) < 4.78 is 3.25. The van der Waals surface area contributed by atoms with E-state index in [0.29, 0.717) is 18.0 Å². The Morgan fingerprint density at radius 1 is 0.941 bits per heavy atom. The zero-order valence-electron chi connectivity index (χ0n) is 18.5. The van der Waals surface area contributed by atoms with Crippen LogP contribution in [0.4, 0.5) is 0 Å². The number of nitrogens with one attached hydrogen (secondary N) is 1. The van der Waals surface area contributed by atoms with Gasteiger partial charge in [0, 0.05) is 31.5 Å². The number of imidazole rings is 1. The van der Waals surface area contributed by atoms with Gasteiger partial charge < -0.3 is 5.32 Å². The van der Waals surface area contributed by atoms with Crippen molar-refractivity contribution in [3.63, 3.8) is 0 Å². The summed E-state index contributed by atoms with van der Waals surface area (Å²) in [5, 5.41) is 7.00. The molecule has 8 heteroatoms. The van der Waals surface area contributed by atoms with E-state index in [1.807, 2.05) is 77.5 Å². The van der Waals surface area contributed by atoms with Crippen LogP contribution in [0, 0.1) is 0 Å². The second-order valence-electron chi connectivity index (χ2n) is 7.92. The van der Waals surface area contributed by atoms with E-state index < -0.39 is 0 Å². The lowest BCUT2D eigenvalue weighted by atomic mass is 10.1. The lowest BCUT2D eigenvalue weighted by molar-refractivity contribution is 0.0929. The first-order chi connectivity index (χ1) is 16.6. The minimum Gasteiger partial charge on any atom is -0.348 e. The molecule has 0 spiro atoms. The third-order valence-electron chi connectivity index (χ3n) is 5.54. The van der Waals surface area contributed by atoms with Crippen LogP contribution >= 0.6 is 0 Å². The molecule has 34 heavy (non-hydrogen) atoms. The van der Waals surface area contributed by atoms with Crippen molar-refractivity contribution in [3.05, 3.63) is 108 Å². The normalized spacial score (nSPS) is 11.0. The van der Waals surface area contributed by atoms with E-state index in [-0.39, 0.29) is 29.4 Å². The molecule has 0 saturated heterocycles. The number of aromatic nitrogens is 5. The zero-order chi connectivity index (χ0) is 23.5. The Balaban J connectivity index is 1.34. The molecule has 0 fully saturated rings. The molecule has 3 aromatic heterocycles. The summed E-state index contributed by atoms with van der Waals surface area (Å²) in [4.78, 5) is 35.1. The van der Waals surface area contributed by atoms with Gasteiger partial charge in [0.05, 0.1) is 29.6 Å². The van der Waals surface area contributed by atoms with Crippen LogP contribution in [0.2, 0.25) is 0 Å². The number of hydrogen-bond acceptors (Lipinski definition) is 5. The highest BCUT2D eigenvalue weighted by Gasteiger charge is 2.22. The van der Waals surface area contributed by atoms with Gasteiger partial charge in [-0.1, -0.05) is 60.7 Å². The van der Waals surface area contributed by atoms with Gasteiger partial charge in [0.15, 0.2) is 5.78 Å². The highest BCUT2D eigenvalue weighted by Crippen LogP contribution is 2.19. The van der Waals surface area contributed by atoms with Crippen LogP contribution in [0.25, 0.3) is 17.0 Å². The fourth-order valence-corrected chi connectivity index (χ4v) is 3.81. The Morgan fingerprint density at radius 3 is 2.44 bits per heavy atom. The standard InChI is InChI=1S/C26H22N6O2/c1-31-24(21(16-28-31)25(34)27-15-18-8-4-2-5-9-18)23(33)14-20-12-13-32-17-22(30-26(32)29-20)19-10-6-3-7-11-19/h2-13,16-17H,14-15H2,1H3,(H,27,34). The van der Waals surface area contributed by atoms with E-state index in [0.717, 1.165) is 16.8 Å². The number of Topliss-reactive ketones (excluding diaryl/α,β-unsaturated/α-hetero) is 1. The predicted molar refractivity (Wildman–Crippen MR) is 127 cm³/mol. The molecule has 1 N–H and O–H groups in total. The number of nitrogens with zero attached hydrogens (tertiary/aromatic N) is 5. The molecule has 0 radical (unpaired) electrons. The maximum atomic E-state index is 13.2. The van der Waals surface area contributed by atoms with Crippen molar-refractivity contribution in [3.8, 4) is 11.3 Å². The molecule has 8 nitrogen and oxygen atoms in total. The van der Waals surface area contributed by atoms with Crippen LogP contribution in [0.15, 0.2) is 85.3 Å². The molecular formula is C26H22N6O2. The Labute approximate surface area is 195 Å². The number of rotatable bonds is 7. The van der Waals surface area contributed by atoms with Gasteiger partial charge in [0.2, 0.25) is 5.78 Å². The van der Waals surface area contributed by atoms with E-state index >= 15 is 0 Å². The summed E-state index contributed by atoms with van der Waals surface area (Å²) in [7, 11) is 1.65. The zero-order valence-corrected chi connectivity index (χ0v) is 18.5. The van der Waals surface area contributed by atoms with Crippen LogP contribution in [0.3, 0.4) is 0 Å². The Kier molecular flexibility index (Phi) is 5.70. The molecular weight excluding hydrogens is 428 g/mol. The second-order valence-corrected chi connectivity index (χ2v) is 7.92. The quantitative estimate of drug-likeness (QED) is 0.383. The largest absolute Gasteiger partial charge is 0.348 e. The number of aryl methyl sites for hydroxylation is 1. The Bertz CT molecular complexity index is 1470. The van der Waals surface area contributed by atoms with Crippen LogP contribution in [0.5, 0.6) is 0 Å². The number of carbonyl (C=O) groups is 2. The van der Waals surface area contributed by atoms with Crippen LogP contribution in [-0.4, -0.2) is 35.8 Å². The van der Waals surface area contributed by atoms with Gasteiger partial charge in [-0.25, -0.2) is 9.97 Å². The molecule has 0 bridgehead atoms. The topological polar surface area (TPSA) is 94.2 Å². The molecule has 0 aliphatic carbocycles. The van der Waals surface area contributed by atoms with Gasteiger partial charge in [-0.3, -0.25) is 18.7 Å². The molecule has 0 atom stereocenters. The number of fused-ring (bicyclic) bond motifs is 1. The molecule has 2 aromatic carbocycles. The van der Waals surface area contributed by atoms with Crippen molar-refractivity contribution in [1.82, 2.24) is 29.5 Å². The number of carbonyl (C=O) groups excluding carboxylic acids is 2. The fourth-order valence-electron chi connectivity index (χ4n) is 3.81. The van der Waals surface area contributed by atoms with Crippen molar-refractivity contribution in [1.29, 1.82) is 0 Å². The Hall–Kier alpha value is -4.59. The number of benzene rings is 2. The minimum absolute atomic E-state index is 0.0303. The third kappa shape index (κ3) is 4.33. The lowest BCUT2D eigenvalue weighted by Gasteiger charge is -2.07. The third-order valence-corrected chi connectivity index (χ3v) is 5.54. The molecule has 0 unspecified atom stereocenters. The minimum atomic E-state index is -0.343. The molecule has 1 amide bonds. The summed E-state index contributed by atoms with van der Waals surface area (Å²) in [5.74, 6) is -0.0731. The summed E-state index contributed by atoms with van der Waals surface area (Å²) in [6.45, 7) is 0.365. The number of ketones is 1. The smallest absolute Gasteiger partial charge is 0.255 e. The molecule has 3 heterocycles. The van der Waals surface area contributed by atoms with E-state index in [2.05, 4.69) is 20.4 Å². The van der Waals surface area contributed by atoms with Crippen LogP contribution < -0.4 is 5.32 Å². The molecule has 168 valence electrons. The molecule has 0 saturated carbocycles. The number of hydrogen-bond donors (Lipinski definition) is 1. The Morgan fingerprint density at radius 2 is 1.68 bits per heavy atom. The summed E-state index contributed by atoms with van der Waals surface area (Å²) in [6, 6.07) is 21.2. The van der Waals surface area contributed by atoms with E-state index in [1.165, 1.54) is 10.9 Å². The van der Waals surface area contributed by atoms with Gasteiger partial charge in [-0.2, -0.15) is 5.10 Å². The average Bonchev–Trinajstić information content (AvgIpc) is 3.47. The lowest BCUT2D eigenvalue weighted by Crippen LogP contribution is -2.25. The van der Waals surface area contributed by atoms with Gasteiger partial charge in [0.1, 0.15) is 5.69 Å². The summed E-state index contributed by atoms with van der Waals surface area (Å²) in [6.07, 6.45) is 5.19. The fraction of sp³-hybridized carbons (Fsp3) is 0.115. The van der Waals surface area contributed by atoms with Crippen molar-refractivity contribution in [2.75, 3.05) is 0 Å². The van der Waals surface area contributed by atoms with E-state index in [4.69, 9.17) is 0 Å². The summed E-state index contributed by atoms with van der Waals surface area (Å²) >= 11 is 0. The number of amides is 1. The second kappa shape index (κ2) is 9.11. The summed E-state index contributed by atoms with van der Waals surface area (Å²) in [5.41, 5.74) is 3.84. The average molecular weight is 451 g/mol. The SMILES string of the molecule is Cn1ncc(C(=O)NCc2ccccc2)c1C(=O)Cc1ccn2cc(-c3ccccc3)nc2n1. The maximum Gasteiger partial charge on any atom is 0.255 e. The first-order valence-corrected chi connectivity index (χ1v) is 10.9. The molecule has 0 aliphatic rings. The monoisotopic (exact) mass is 450 g/mol. The van der Waals surface area contributed by atoms with Crippen molar-refractivity contribution < 1.29 is 9.59 Å². The van der Waals surface area contributed by atoms with Gasteiger partial charge in [0.25, 0.3) is 5.91 Å². The highest BCUT2D eigenvalue weighted by atomic mass is 16.2. The van der Waals surface area contributed by atoms with Crippen LogP contribution in [-0.2, 0) is 20.0 Å². The first-order valence-electron chi connectivity index (χ1n) is 10.9. The van der Waals surface area contributed by atoms with Gasteiger partial charge >= 0.3 is 0 Å². The molecule has 5 rings (SSSR count). The van der Waals surface area contributed by atoms with E-state index in [9.17, 15) is 9.59 Å². The van der Waals surface area contributed by atoms with Gasteiger partial charge in [-0.15, -0.1) is 0 Å². The molecule has 0 aliphatic heterocycles. The van der Waals surface area contributed by atoms with Crippen LogP contribution in [0.1, 0.15) is 32.1 Å². The van der Waals surface area contributed by atoms with Gasteiger partial charge in [-0.05, 0) is 11.6 Å². The predicted octanol–water partition coefficient (Wildman–Crippen LogP) is 3.49. The highest BCUT2D eigenvalue weighted by molar-refractivity contribution is 6.07.